The van der Waals surface area contributed by atoms with Gasteiger partial charge in [0.1, 0.15) is 12.8 Å². The molecule has 2 aromatic rings. The first kappa shape index (κ1) is 17.7. The third kappa shape index (κ3) is 4.96. The second-order valence-corrected chi connectivity index (χ2v) is 6.14. The second kappa shape index (κ2) is 8.85. The van der Waals surface area contributed by atoms with Gasteiger partial charge in [0.2, 0.25) is 5.91 Å². The maximum absolute atomic E-state index is 12.4. The minimum Gasteiger partial charge on any atom is -0.445 e. The van der Waals surface area contributed by atoms with Gasteiger partial charge in [-0.3, -0.25) is 4.79 Å². The molecule has 2 amide bonds. The molecule has 26 heavy (non-hydrogen) atoms. The number of rotatable bonds is 5. The third-order valence-corrected chi connectivity index (χ3v) is 4.25. The Labute approximate surface area is 153 Å². The zero-order chi connectivity index (χ0) is 18.2. The van der Waals surface area contributed by atoms with E-state index < -0.39 is 6.09 Å². The summed E-state index contributed by atoms with van der Waals surface area (Å²) in [6.07, 6.45) is 4.08. The van der Waals surface area contributed by atoms with E-state index in [-0.39, 0.29) is 18.7 Å². The standard InChI is InChI=1S/C21H22N2O3/c24-20(14-13-17-8-3-1-4-9-17)23-15-7-12-19(23)22-21(25)26-16-18-10-5-2-6-11-18/h1-6,8-11,13-14,19H,7,12,15-16H2,(H,22,25)/b14-13+. The summed E-state index contributed by atoms with van der Waals surface area (Å²) < 4.78 is 5.24. The van der Waals surface area contributed by atoms with Crippen LogP contribution in [0.2, 0.25) is 0 Å². The molecule has 5 heteroatoms. The van der Waals surface area contributed by atoms with Gasteiger partial charge < -0.3 is 15.0 Å². The number of nitrogens with one attached hydrogen (secondary N) is 1. The van der Waals surface area contributed by atoms with Crippen LogP contribution >= 0.6 is 0 Å². The van der Waals surface area contributed by atoms with Gasteiger partial charge in [0, 0.05) is 12.6 Å². The lowest BCUT2D eigenvalue weighted by Crippen LogP contribution is -2.46. The Morgan fingerprint density at radius 2 is 1.77 bits per heavy atom. The van der Waals surface area contributed by atoms with Crippen LogP contribution in [0.3, 0.4) is 0 Å². The topological polar surface area (TPSA) is 58.6 Å². The minimum absolute atomic E-state index is 0.111. The van der Waals surface area contributed by atoms with E-state index in [9.17, 15) is 9.59 Å². The molecule has 134 valence electrons. The van der Waals surface area contributed by atoms with Gasteiger partial charge in [-0.15, -0.1) is 0 Å². The predicted octanol–water partition coefficient (Wildman–Crippen LogP) is 3.57. The lowest BCUT2D eigenvalue weighted by atomic mass is 10.2. The summed E-state index contributed by atoms with van der Waals surface area (Å²) in [5.41, 5.74) is 1.89. The number of hydrogen-bond acceptors (Lipinski definition) is 3. The number of alkyl carbamates (subject to hydrolysis) is 1. The Morgan fingerprint density at radius 1 is 1.08 bits per heavy atom. The van der Waals surface area contributed by atoms with E-state index in [1.54, 1.807) is 17.1 Å². The van der Waals surface area contributed by atoms with Gasteiger partial charge in [0.05, 0.1) is 0 Å². The van der Waals surface area contributed by atoms with Crippen LogP contribution in [0.1, 0.15) is 24.0 Å². The molecule has 0 spiro atoms. The first-order chi connectivity index (χ1) is 12.7. The summed E-state index contributed by atoms with van der Waals surface area (Å²) in [5.74, 6) is -0.111. The van der Waals surface area contributed by atoms with Crippen molar-refractivity contribution in [2.75, 3.05) is 6.54 Å². The molecule has 1 heterocycles. The van der Waals surface area contributed by atoms with Gasteiger partial charge in [-0.1, -0.05) is 60.7 Å². The molecular weight excluding hydrogens is 328 g/mol. The minimum atomic E-state index is -0.509. The monoisotopic (exact) mass is 350 g/mol. The Bertz CT molecular complexity index is 759. The summed E-state index contributed by atoms with van der Waals surface area (Å²) in [6, 6.07) is 19.1. The van der Waals surface area contributed by atoms with E-state index >= 15 is 0 Å². The van der Waals surface area contributed by atoms with Gasteiger partial charge in [0.25, 0.3) is 0 Å². The SMILES string of the molecule is O=C(NC1CCCN1C(=O)/C=C/c1ccccc1)OCc1ccccc1. The molecule has 0 bridgehead atoms. The van der Waals surface area contributed by atoms with Gasteiger partial charge >= 0.3 is 6.09 Å². The number of amides is 2. The van der Waals surface area contributed by atoms with Crippen molar-refractivity contribution in [2.24, 2.45) is 0 Å². The molecule has 5 nitrogen and oxygen atoms in total. The summed E-state index contributed by atoms with van der Waals surface area (Å²) in [4.78, 5) is 26.1. The van der Waals surface area contributed by atoms with Crippen LogP contribution in [0, 0.1) is 0 Å². The highest BCUT2D eigenvalue weighted by atomic mass is 16.5. The molecule has 1 aliphatic heterocycles. The lowest BCUT2D eigenvalue weighted by molar-refractivity contribution is -0.127. The Morgan fingerprint density at radius 3 is 2.50 bits per heavy atom. The highest BCUT2D eigenvalue weighted by Gasteiger charge is 2.29. The highest BCUT2D eigenvalue weighted by molar-refractivity contribution is 5.92. The van der Waals surface area contributed by atoms with Crippen molar-refractivity contribution in [2.45, 2.75) is 25.6 Å². The van der Waals surface area contributed by atoms with Crippen LogP contribution in [0.25, 0.3) is 6.08 Å². The molecule has 0 radical (unpaired) electrons. The van der Waals surface area contributed by atoms with Gasteiger partial charge in [-0.25, -0.2) is 4.79 Å². The Kier molecular flexibility index (Phi) is 6.04. The highest BCUT2D eigenvalue weighted by Crippen LogP contribution is 2.16. The van der Waals surface area contributed by atoms with Crippen LogP contribution in [0.5, 0.6) is 0 Å². The molecule has 3 rings (SSSR count). The van der Waals surface area contributed by atoms with E-state index in [0.29, 0.717) is 6.54 Å². The predicted molar refractivity (Wildman–Crippen MR) is 100.0 cm³/mol. The summed E-state index contributed by atoms with van der Waals surface area (Å²) in [6.45, 7) is 0.836. The van der Waals surface area contributed by atoms with E-state index in [2.05, 4.69) is 5.32 Å². The van der Waals surface area contributed by atoms with Gasteiger partial charge in [-0.05, 0) is 30.0 Å². The molecule has 1 saturated heterocycles. The zero-order valence-corrected chi connectivity index (χ0v) is 14.5. The van der Waals surface area contributed by atoms with E-state index in [0.717, 1.165) is 24.0 Å². The molecule has 1 unspecified atom stereocenters. The van der Waals surface area contributed by atoms with Crippen LogP contribution in [-0.4, -0.2) is 29.6 Å². The number of nitrogens with zero attached hydrogens (tertiary/aromatic N) is 1. The van der Waals surface area contributed by atoms with Crippen LogP contribution in [0.4, 0.5) is 4.79 Å². The molecule has 0 aliphatic carbocycles. The van der Waals surface area contributed by atoms with Crippen molar-refractivity contribution in [3.05, 3.63) is 77.9 Å². The molecule has 1 fully saturated rings. The molecule has 1 aliphatic rings. The first-order valence-electron chi connectivity index (χ1n) is 8.73. The number of carbonyl (C=O) groups excluding carboxylic acids is 2. The fraction of sp³-hybridized carbons (Fsp3) is 0.238. The Balaban J connectivity index is 1.51. The summed E-state index contributed by atoms with van der Waals surface area (Å²) >= 11 is 0. The lowest BCUT2D eigenvalue weighted by Gasteiger charge is -2.24. The van der Waals surface area contributed by atoms with E-state index in [1.807, 2.05) is 60.7 Å². The maximum Gasteiger partial charge on any atom is 0.409 e. The smallest absolute Gasteiger partial charge is 0.409 e. The largest absolute Gasteiger partial charge is 0.445 e. The van der Waals surface area contributed by atoms with Crippen LogP contribution < -0.4 is 5.32 Å². The average molecular weight is 350 g/mol. The molecule has 1 atom stereocenters. The number of likely N-dealkylation sites (tertiary alicyclic amines) is 1. The van der Waals surface area contributed by atoms with Crippen molar-refractivity contribution in [3.8, 4) is 0 Å². The summed E-state index contributed by atoms with van der Waals surface area (Å²) in [5, 5.41) is 2.79. The second-order valence-electron chi connectivity index (χ2n) is 6.14. The van der Waals surface area contributed by atoms with E-state index in [1.165, 1.54) is 0 Å². The fourth-order valence-corrected chi connectivity index (χ4v) is 2.91. The van der Waals surface area contributed by atoms with Crippen LogP contribution in [-0.2, 0) is 16.1 Å². The summed E-state index contributed by atoms with van der Waals surface area (Å²) in [7, 11) is 0. The molecular formula is C21H22N2O3. The molecule has 1 N–H and O–H groups in total. The molecule has 0 saturated carbocycles. The number of hydrogen-bond donors (Lipinski definition) is 1. The van der Waals surface area contributed by atoms with Crippen molar-refractivity contribution in [3.63, 3.8) is 0 Å². The van der Waals surface area contributed by atoms with Gasteiger partial charge in [-0.2, -0.15) is 0 Å². The van der Waals surface area contributed by atoms with Crippen molar-refractivity contribution in [1.29, 1.82) is 0 Å². The number of benzene rings is 2. The zero-order valence-electron chi connectivity index (χ0n) is 14.5. The number of ether oxygens (including phenoxy) is 1. The van der Waals surface area contributed by atoms with Crippen molar-refractivity contribution < 1.29 is 14.3 Å². The third-order valence-electron chi connectivity index (χ3n) is 4.25. The van der Waals surface area contributed by atoms with E-state index in [4.69, 9.17) is 4.74 Å². The molecule has 0 aromatic heterocycles. The van der Waals surface area contributed by atoms with Crippen molar-refractivity contribution >= 4 is 18.1 Å². The average Bonchev–Trinajstić information content (AvgIpc) is 3.14. The quantitative estimate of drug-likeness (QED) is 0.839. The van der Waals surface area contributed by atoms with Gasteiger partial charge in [0.15, 0.2) is 0 Å². The fourth-order valence-electron chi connectivity index (χ4n) is 2.91. The normalized spacial score (nSPS) is 16.6. The maximum atomic E-state index is 12.4. The first-order valence-corrected chi connectivity index (χ1v) is 8.73. The number of carbonyl (C=O) groups is 2. The Hall–Kier alpha value is -3.08. The molecule has 2 aromatic carbocycles. The van der Waals surface area contributed by atoms with Crippen molar-refractivity contribution in [1.82, 2.24) is 10.2 Å². The van der Waals surface area contributed by atoms with Crippen LogP contribution in [0.15, 0.2) is 66.7 Å².